The number of aromatic nitrogens is 3. The number of carbonyl (C=O) groups is 1. The summed E-state index contributed by atoms with van der Waals surface area (Å²) in [7, 11) is 0. The van der Waals surface area contributed by atoms with Crippen molar-refractivity contribution < 1.29 is 9.18 Å². The Bertz CT molecular complexity index is 693. The quantitative estimate of drug-likeness (QED) is 0.870. The van der Waals surface area contributed by atoms with E-state index in [1.54, 1.807) is 18.2 Å². The SMILES string of the molecule is O=C(/C=C/c1ccccc1F)NCc1nnc2n1CCC2. The van der Waals surface area contributed by atoms with Crippen molar-refractivity contribution in [3.63, 3.8) is 0 Å². The fourth-order valence-electron chi connectivity index (χ4n) is 2.34. The Labute approximate surface area is 121 Å². The van der Waals surface area contributed by atoms with Gasteiger partial charge in [0.25, 0.3) is 0 Å². The van der Waals surface area contributed by atoms with E-state index in [1.807, 2.05) is 4.57 Å². The minimum atomic E-state index is -0.350. The first kappa shape index (κ1) is 13.5. The molecule has 1 aliphatic rings. The van der Waals surface area contributed by atoms with E-state index in [-0.39, 0.29) is 11.7 Å². The Balaban J connectivity index is 1.58. The number of amides is 1. The second kappa shape index (κ2) is 5.87. The second-order valence-corrected chi connectivity index (χ2v) is 4.86. The van der Waals surface area contributed by atoms with Crippen LogP contribution in [0.5, 0.6) is 0 Å². The molecule has 108 valence electrons. The van der Waals surface area contributed by atoms with Crippen molar-refractivity contribution in [3.05, 3.63) is 53.4 Å². The molecule has 1 amide bonds. The standard InChI is InChI=1S/C15H15FN4O/c16-12-5-2-1-4-11(12)7-8-15(21)17-10-14-19-18-13-6-3-9-20(13)14/h1-2,4-5,7-8H,3,6,9-10H2,(H,17,21)/b8-7+. The van der Waals surface area contributed by atoms with E-state index in [9.17, 15) is 9.18 Å². The molecule has 3 rings (SSSR count). The van der Waals surface area contributed by atoms with Crippen molar-refractivity contribution in [3.8, 4) is 0 Å². The van der Waals surface area contributed by atoms with E-state index in [0.29, 0.717) is 12.1 Å². The topological polar surface area (TPSA) is 59.8 Å². The van der Waals surface area contributed by atoms with Crippen LogP contribution in [0.4, 0.5) is 4.39 Å². The first-order valence-electron chi connectivity index (χ1n) is 6.85. The molecule has 1 aliphatic heterocycles. The predicted molar refractivity (Wildman–Crippen MR) is 75.6 cm³/mol. The summed E-state index contributed by atoms with van der Waals surface area (Å²) in [6.45, 7) is 1.23. The van der Waals surface area contributed by atoms with Crippen molar-refractivity contribution in [2.75, 3.05) is 0 Å². The zero-order chi connectivity index (χ0) is 14.7. The van der Waals surface area contributed by atoms with Gasteiger partial charge in [0.2, 0.25) is 5.91 Å². The number of nitrogens with one attached hydrogen (secondary N) is 1. The van der Waals surface area contributed by atoms with Crippen LogP contribution >= 0.6 is 0 Å². The maximum Gasteiger partial charge on any atom is 0.244 e. The fraction of sp³-hybridized carbons (Fsp3) is 0.267. The zero-order valence-electron chi connectivity index (χ0n) is 11.4. The van der Waals surface area contributed by atoms with Gasteiger partial charge in [0, 0.05) is 24.6 Å². The molecule has 0 bridgehead atoms. The van der Waals surface area contributed by atoms with Gasteiger partial charge in [0.05, 0.1) is 6.54 Å². The molecule has 0 atom stereocenters. The summed E-state index contributed by atoms with van der Waals surface area (Å²) in [5.41, 5.74) is 0.385. The van der Waals surface area contributed by atoms with Crippen molar-refractivity contribution >= 4 is 12.0 Å². The monoisotopic (exact) mass is 286 g/mol. The van der Waals surface area contributed by atoms with Gasteiger partial charge in [-0.2, -0.15) is 0 Å². The molecular formula is C15H15FN4O. The Hall–Kier alpha value is -2.50. The minimum absolute atomic E-state index is 0.284. The molecule has 5 nitrogen and oxygen atoms in total. The first-order chi connectivity index (χ1) is 10.2. The average Bonchev–Trinajstić information content (AvgIpc) is 3.08. The van der Waals surface area contributed by atoms with Gasteiger partial charge >= 0.3 is 0 Å². The largest absolute Gasteiger partial charge is 0.345 e. The average molecular weight is 286 g/mol. The molecule has 0 spiro atoms. The molecule has 21 heavy (non-hydrogen) atoms. The summed E-state index contributed by atoms with van der Waals surface area (Å²) in [5.74, 6) is 1.10. The highest BCUT2D eigenvalue weighted by Crippen LogP contribution is 2.13. The van der Waals surface area contributed by atoms with Gasteiger partial charge in [-0.25, -0.2) is 4.39 Å². The molecule has 2 heterocycles. The molecule has 1 aromatic heterocycles. The lowest BCUT2D eigenvalue weighted by molar-refractivity contribution is -0.116. The molecule has 0 radical (unpaired) electrons. The smallest absolute Gasteiger partial charge is 0.244 e. The van der Waals surface area contributed by atoms with Gasteiger partial charge in [0.1, 0.15) is 11.6 Å². The molecule has 0 aliphatic carbocycles. The molecule has 6 heteroatoms. The molecule has 0 fully saturated rings. The highest BCUT2D eigenvalue weighted by molar-refractivity contribution is 5.91. The van der Waals surface area contributed by atoms with Gasteiger partial charge in [-0.15, -0.1) is 10.2 Å². The number of halogens is 1. The molecule has 0 saturated heterocycles. The molecular weight excluding hydrogens is 271 g/mol. The summed E-state index contributed by atoms with van der Waals surface area (Å²) in [6, 6.07) is 6.31. The number of carbonyl (C=O) groups excluding carboxylic acids is 1. The summed E-state index contributed by atoms with van der Waals surface area (Å²) in [5, 5.41) is 10.9. The summed E-state index contributed by atoms with van der Waals surface area (Å²) in [6.07, 6.45) is 4.78. The van der Waals surface area contributed by atoms with E-state index in [4.69, 9.17) is 0 Å². The van der Waals surface area contributed by atoms with Crippen LogP contribution in [0.2, 0.25) is 0 Å². The number of hydrogen-bond donors (Lipinski definition) is 1. The van der Waals surface area contributed by atoms with Gasteiger partial charge in [0.15, 0.2) is 5.82 Å². The third-order valence-electron chi connectivity index (χ3n) is 3.43. The molecule has 0 saturated carbocycles. The second-order valence-electron chi connectivity index (χ2n) is 4.86. The summed E-state index contributed by atoms with van der Waals surface area (Å²) < 4.78 is 15.4. The van der Waals surface area contributed by atoms with Crippen LogP contribution in [-0.2, 0) is 24.3 Å². The van der Waals surface area contributed by atoms with E-state index >= 15 is 0 Å². The zero-order valence-corrected chi connectivity index (χ0v) is 11.4. The number of fused-ring (bicyclic) bond motifs is 1. The van der Waals surface area contributed by atoms with Crippen LogP contribution in [0.15, 0.2) is 30.3 Å². The summed E-state index contributed by atoms with van der Waals surface area (Å²) in [4.78, 5) is 11.7. The molecule has 0 unspecified atom stereocenters. The number of nitrogens with zero attached hydrogens (tertiary/aromatic N) is 3. The van der Waals surface area contributed by atoms with E-state index in [2.05, 4.69) is 15.5 Å². The molecule has 1 aromatic carbocycles. The van der Waals surface area contributed by atoms with Gasteiger partial charge < -0.3 is 9.88 Å². The number of rotatable bonds is 4. The highest BCUT2D eigenvalue weighted by Gasteiger charge is 2.16. The lowest BCUT2D eigenvalue weighted by Gasteiger charge is -2.03. The maximum atomic E-state index is 13.4. The third-order valence-corrected chi connectivity index (χ3v) is 3.43. The Morgan fingerprint density at radius 2 is 2.24 bits per heavy atom. The fourth-order valence-corrected chi connectivity index (χ4v) is 2.34. The van der Waals surface area contributed by atoms with Crippen LogP contribution in [0, 0.1) is 5.82 Å². The van der Waals surface area contributed by atoms with Crippen molar-refractivity contribution in [2.24, 2.45) is 0 Å². The number of hydrogen-bond acceptors (Lipinski definition) is 3. The highest BCUT2D eigenvalue weighted by atomic mass is 19.1. The third kappa shape index (κ3) is 2.99. The van der Waals surface area contributed by atoms with Crippen LogP contribution in [-0.4, -0.2) is 20.7 Å². The lowest BCUT2D eigenvalue weighted by atomic mass is 10.2. The van der Waals surface area contributed by atoms with Gasteiger partial charge in [-0.05, 0) is 18.6 Å². The Morgan fingerprint density at radius 3 is 3.10 bits per heavy atom. The van der Waals surface area contributed by atoms with Crippen LogP contribution < -0.4 is 5.32 Å². The van der Waals surface area contributed by atoms with Crippen molar-refractivity contribution in [2.45, 2.75) is 25.9 Å². The van der Waals surface area contributed by atoms with Gasteiger partial charge in [-0.3, -0.25) is 4.79 Å². The van der Waals surface area contributed by atoms with Crippen LogP contribution in [0.3, 0.4) is 0 Å². The minimum Gasteiger partial charge on any atom is -0.345 e. The normalized spacial score (nSPS) is 13.6. The Morgan fingerprint density at radius 1 is 1.38 bits per heavy atom. The summed E-state index contributed by atoms with van der Waals surface area (Å²) >= 11 is 0. The van der Waals surface area contributed by atoms with Crippen LogP contribution in [0.25, 0.3) is 6.08 Å². The van der Waals surface area contributed by atoms with E-state index < -0.39 is 0 Å². The van der Waals surface area contributed by atoms with E-state index in [0.717, 1.165) is 31.0 Å². The maximum absolute atomic E-state index is 13.4. The van der Waals surface area contributed by atoms with Crippen molar-refractivity contribution in [1.29, 1.82) is 0 Å². The number of benzene rings is 1. The predicted octanol–water partition coefficient (Wildman–Crippen LogP) is 1.69. The Kier molecular flexibility index (Phi) is 3.77. The van der Waals surface area contributed by atoms with Crippen molar-refractivity contribution in [1.82, 2.24) is 20.1 Å². The molecule has 1 N–H and O–H groups in total. The van der Waals surface area contributed by atoms with Gasteiger partial charge in [-0.1, -0.05) is 18.2 Å². The molecule has 2 aromatic rings. The number of aryl methyl sites for hydroxylation is 1. The van der Waals surface area contributed by atoms with E-state index in [1.165, 1.54) is 18.2 Å². The first-order valence-corrected chi connectivity index (χ1v) is 6.85. The lowest BCUT2D eigenvalue weighted by Crippen LogP contribution is -2.22. The van der Waals surface area contributed by atoms with Crippen LogP contribution in [0.1, 0.15) is 23.6 Å².